The second kappa shape index (κ2) is 6.80. The van der Waals surface area contributed by atoms with E-state index in [0.29, 0.717) is 13.0 Å². The first-order chi connectivity index (χ1) is 7.20. The Kier molecular flexibility index (Phi) is 5.65. The molecule has 1 fully saturated rings. The molecule has 1 unspecified atom stereocenters. The molecule has 1 heterocycles. The molecule has 1 rings (SSSR count). The number of rotatable bonds is 5. The molecule has 1 amide bonds. The van der Waals surface area contributed by atoms with Crippen molar-refractivity contribution >= 4 is 5.91 Å². The summed E-state index contributed by atoms with van der Waals surface area (Å²) in [6, 6.07) is 0. The highest BCUT2D eigenvalue weighted by atomic mass is 16.7. The van der Waals surface area contributed by atoms with Gasteiger partial charge in [-0.05, 0) is 25.7 Å². The Bertz CT molecular complexity index is 188. The monoisotopic (exact) mass is 215 g/mol. The number of hydrogen-bond acceptors (Lipinski definition) is 3. The first kappa shape index (κ1) is 12.5. The zero-order valence-electron chi connectivity index (χ0n) is 9.70. The largest absolute Gasteiger partial charge is 0.353 e. The van der Waals surface area contributed by atoms with Crippen LogP contribution in [0.2, 0.25) is 0 Å². The van der Waals surface area contributed by atoms with E-state index in [-0.39, 0.29) is 12.2 Å². The lowest BCUT2D eigenvalue weighted by Crippen LogP contribution is -2.24. The number of carbonyl (C=O) groups excluding carboxylic acids is 1. The maximum Gasteiger partial charge on any atom is 0.222 e. The van der Waals surface area contributed by atoms with Gasteiger partial charge in [-0.1, -0.05) is 0 Å². The van der Waals surface area contributed by atoms with Crippen LogP contribution >= 0.6 is 0 Å². The molecule has 0 radical (unpaired) electrons. The van der Waals surface area contributed by atoms with Gasteiger partial charge in [-0.15, -0.1) is 0 Å². The number of amides is 1. The van der Waals surface area contributed by atoms with Gasteiger partial charge in [0.25, 0.3) is 0 Å². The molecule has 88 valence electrons. The molecule has 1 atom stereocenters. The average Bonchev–Trinajstić information content (AvgIpc) is 2.25. The van der Waals surface area contributed by atoms with Crippen molar-refractivity contribution in [2.75, 3.05) is 27.3 Å². The number of hydrogen-bond donors (Lipinski definition) is 0. The van der Waals surface area contributed by atoms with Gasteiger partial charge in [0, 0.05) is 27.1 Å². The van der Waals surface area contributed by atoms with Crippen molar-refractivity contribution in [3.05, 3.63) is 0 Å². The Labute approximate surface area is 91.5 Å². The molecule has 1 aliphatic heterocycles. The smallest absolute Gasteiger partial charge is 0.222 e. The van der Waals surface area contributed by atoms with Gasteiger partial charge < -0.3 is 14.4 Å². The van der Waals surface area contributed by atoms with E-state index in [9.17, 15) is 4.79 Å². The predicted molar refractivity (Wildman–Crippen MR) is 57.5 cm³/mol. The van der Waals surface area contributed by atoms with Crippen LogP contribution in [-0.2, 0) is 14.3 Å². The third-order valence-corrected chi connectivity index (χ3v) is 2.48. The van der Waals surface area contributed by atoms with Crippen LogP contribution in [0.3, 0.4) is 0 Å². The molecule has 4 nitrogen and oxygen atoms in total. The van der Waals surface area contributed by atoms with E-state index < -0.39 is 0 Å². The summed E-state index contributed by atoms with van der Waals surface area (Å²) in [7, 11) is 3.54. The van der Waals surface area contributed by atoms with Crippen LogP contribution in [0.4, 0.5) is 0 Å². The van der Waals surface area contributed by atoms with E-state index in [1.807, 2.05) is 0 Å². The van der Waals surface area contributed by atoms with Crippen LogP contribution in [0.15, 0.2) is 0 Å². The van der Waals surface area contributed by atoms with Gasteiger partial charge in [-0.25, -0.2) is 0 Å². The van der Waals surface area contributed by atoms with Crippen molar-refractivity contribution in [2.45, 2.75) is 38.4 Å². The van der Waals surface area contributed by atoms with Gasteiger partial charge in [0.2, 0.25) is 5.91 Å². The molecule has 0 aromatic heterocycles. The van der Waals surface area contributed by atoms with Crippen LogP contribution in [0.25, 0.3) is 0 Å². The Morgan fingerprint density at radius 1 is 1.47 bits per heavy atom. The van der Waals surface area contributed by atoms with E-state index in [1.165, 1.54) is 6.42 Å². The fourth-order valence-electron chi connectivity index (χ4n) is 1.50. The molecular formula is C11H21NO3. The van der Waals surface area contributed by atoms with Gasteiger partial charge in [-0.2, -0.15) is 0 Å². The van der Waals surface area contributed by atoms with Gasteiger partial charge >= 0.3 is 0 Å². The van der Waals surface area contributed by atoms with Crippen molar-refractivity contribution < 1.29 is 14.3 Å². The van der Waals surface area contributed by atoms with E-state index in [0.717, 1.165) is 25.9 Å². The van der Waals surface area contributed by atoms with Crippen molar-refractivity contribution in [1.82, 2.24) is 4.90 Å². The summed E-state index contributed by atoms with van der Waals surface area (Å²) in [5, 5.41) is 0. The van der Waals surface area contributed by atoms with Crippen LogP contribution in [-0.4, -0.2) is 44.4 Å². The molecule has 1 saturated heterocycles. The predicted octanol–water partition coefficient (Wildman–Crippen LogP) is 1.40. The summed E-state index contributed by atoms with van der Waals surface area (Å²) in [5.74, 6) is 0.156. The van der Waals surface area contributed by atoms with Crippen LogP contribution in [0.1, 0.15) is 32.1 Å². The molecule has 15 heavy (non-hydrogen) atoms. The molecular weight excluding hydrogens is 194 g/mol. The summed E-state index contributed by atoms with van der Waals surface area (Å²) in [4.78, 5) is 12.8. The first-order valence-corrected chi connectivity index (χ1v) is 5.63. The van der Waals surface area contributed by atoms with Crippen molar-refractivity contribution in [3.63, 3.8) is 0 Å². The number of ether oxygens (including phenoxy) is 2. The van der Waals surface area contributed by atoms with Gasteiger partial charge in [0.1, 0.15) is 0 Å². The Morgan fingerprint density at radius 2 is 2.27 bits per heavy atom. The molecule has 0 saturated carbocycles. The first-order valence-electron chi connectivity index (χ1n) is 5.63. The normalized spacial score (nSPS) is 21.3. The topological polar surface area (TPSA) is 38.8 Å². The highest BCUT2D eigenvalue weighted by molar-refractivity contribution is 5.75. The van der Waals surface area contributed by atoms with Crippen LogP contribution < -0.4 is 0 Å². The third-order valence-electron chi connectivity index (χ3n) is 2.48. The van der Waals surface area contributed by atoms with E-state index in [4.69, 9.17) is 9.47 Å². The summed E-state index contributed by atoms with van der Waals surface area (Å²) in [6.45, 7) is 1.42. The van der Waals surface area contributed by atoms with E-state index in [1.54, 1.807) is 19.0 Å². The van der Waals surface area contributed by atoms with Gasteiger partial charge in [0.15, 0.2) is 6.29 Å². The highest BCUT2D eigenvalue weighted by Gasteiger charge is 2.13. The lowest BCUT2D eigenvalue weighted by Gasteiger charge is -2.22. The quantitative estimate of drug-likeness (QED) is 0.651. The minimum absolute atomic E-state index is 0.0341. The van der Waals surface area contributed by atoms with E-state index >= 15 is 0 Å². The second-order valence-electron chi connectivity index (χ2n) is 4.06. The Balaban J connectivity index is 1.98. The second-order valence-corrected chi connectivity index (χ2v) is 4.06. The number of nitrogens with zero attached hydrogens (tertiary/aromatic N) is 1. The minimum atomic E-state index is -0.0341. The maximum atomic E-state index is 11.2. The van der Waals surface area contributed by atoms with Crippen molar-refractivity contribution in [3.8, 4) is 0 Å². The van der Waals surface area contributed by atoms with Crippen molar-refractivity contribution in [2.24, 2.45) is 0 Å². The minimum Gasteiger partial charge on any atom is -0.353 e. The van der Waals surface area contributed by atoms with Gasteiger partial charge in [0.05, 0.1) is 6.61 Å². The number of carbonyl (C=O) groups is 1. The summed E-state index contributed by atoms with van der Waals surface area (Å²) < 4.78 is 10.9. The molecule has 0 bridgehead atoms. The fraction of sp³-hybridized carbons (Fsp3) is 0.909. The molecule has 0 aliphatic carbocycles. The Hall–Kier alpha value is -0.610. The summed E-state index contributed by atoms with van der Waals surface area (Å²) >= 11 is 0. The third kappa shape index (κ3) is 5.14. The van der Waals surface area contributed by atoms with Gasteiger partial charge in [-0.3, -0.25) is 4.79 Å². The summed E-state index contributed by atoms with van der Waals surface area (Å²) in [5.41, 5.74) is 0. The average molecular weight is 215 g/mol. The zero-order valence-corrected chi connectivity index (χ0v) is 9.70. The summed E-state index contributed by atoms with van der Waals surface area (Å²) in [6.07, 6.45) is 4.60. The molecule has 0 aromatic rings. The molecule has 0 N–H and O–H groups in total. The van der Waals surface area contributed by atoms with E-state index in [2.05, 4.69) is 0 Å². The standard InChI is InChI=1S/C11H21NO3/c1-12(2)10(13)6-5-9-15-11-7-3-4-8-14-11/h11H,3-9H2,1-2H3. The lowest BCUT2D eigenvalue weighted by atomic mass is 10.2. The Morgan fingerprint density at radius 3 is 2.87 bits per heavy atom. The van der Waals surface area contributed by atoms with Crippen LogP contribution in [0, 0.1) is 0 Å². The lowest BCUT2D eigenvalue weighted by molar-refractivity contribution is -0.163. The SMILES string of the molecule is CN(C)C(=O)CCCOC1CCCCO1. The fourth-order valence-corrected chi connectivity index (χ4v) is 1.50. The zero-order chi connectivity index (χ0) is 11.1. The highest BCUT2D eigenvalue weighted by Crippen LogP contribution is 2.13. The molecule has 4 heteroatoms. The maximum absolute atomic E-state index is 11.2. The molecule has 0 spiro atoms. The molecule has 1 aliphatic rings. The van der Waals surface area contributed by atoms with Crippen LogP contribution in [0.5, 0.6) is 0 Å². The van der Waals surface area contributed by atoms with Crippen molar-refractivity contribution in [1.29, 1.82) is 0 Å². The molecule has 0 aromatic carbocycles.